The molecule has 1 aromatic carbocycles. The van der Waals surface area contributed by atoms with Gasteiger partial charge in [0.05, 0.1) is 12.8 Å². The molecule has 142 valence electrons. The highest BCUT2D eigenvalue weighted by Crippen LogP contribution is 2.52. The van der Waals surface area contributed by atoms with E-state index in [1.807, 2.05) is 36.1 Å². The van der Waals surface area contributed by atoms with Crippen molar-refractivity contribution in [2.24, 2.45) is 16.0 Å². The average Bonchev–Trinajstić information content (AvgIpc) is 2.83. The lowest BCUT2D eigenvalue weighted by molar-refractivity contribution is -0.137. The van der Waals surface area contributed by atoms with Crippen LogP contribution in [0.3, 0.4) is 0 Å². The Balaban J connectivity index is 1.57. The molecule has 26 heavy (non-hydrogen) atoms. The van der Waals surface area contributed by atoms with Gasteiger partial charge in [0.25, 0.3) is 5.91 Å². The molecule has 2 aliphatic rings. The minimum Gasteiger partial charge on any atom is -0.497 e. The Kier molecular flexibility index (Phi) is 5.00. The maximum atomic E-state index is 12.7. The normalized spacial score (nSPS) is 27.3. The minimum atomic E-state index is 0.000499. The Morgan fingerprint density at radius 2 is 1.92 bits per heavy atom. The van der Waals surface area contributed by atoms with Gasteiger partial charge in [0.1, 0.15) is 5.75 Å². The summed E-state index contributed by atoms with van der Waals surface area (Å²) in [7, 11) is 1.64. The van der Waals surface area contributed by atoms with Gasteiger partial charge in [-0.2, -0.15) is 0 Å². The zero-order valence-corrected chi connectivity index (χ0v) is 16.5. The van der Waals surface area contributed by atoms with E-state index in [0.29, 0.717) is 11.5 Å². The molecule has 2 bridgehead atoms. The Labute approximate surface area is 156 Å². The first-order chi connectivity index (χ1) is 12.2. The molecule has 2 unspecified atom stereocenters. The Morgan fingerprint density at radius 1 is 1.23 bits per heavy atom. The van der Waals surface area contributed by atoms with Crippen molar-refractivity contribution in [2.75, 3.05) is 20.3 Å². The first kappa shape index (κ1) is 18.7. The number of carbonyl (C=O) groups excluding carboxylic acids is 1. The van der Waals surface area contributed by atoms with Crippen LogP contribution in [-0.4, -0.2) is 42.8 Å². The quantitative estimate of drug-likeness (QED) is 0.593. The molecular formula is C21H30N2O3. The van der Waals surface area contributed by atoms with Gasteiger partial charge < -0.3 is 14.5 Å². The molecule has 1 aliphatic carbocycles. The number of likely N-dealkylation sites (tertiary alicyclic amines) is 1. The van der Waals surface area contributed by atoms with Crippen molar-refractivity contribution >= 4 is 11.6 Å². The first-order valence-electron chi connectivity index (χ1n) is 9.32. The molecule has 1 saturated heterocycles. The van der Waals surface area contributed by atoms with Crippen molar-refractivity contribution in [1.82, 2.24) is 4.90 Å². The fourth-order valence-electron chi connectivity index (χ4n) is 4.90. The van der Waals surface area contributed by atoms with Gasteiger partial charge >= 0.3 is 0 Å². The summed E-state index contributed by atoms with van der Waals surface area (Å²) >= 11 is 0. The zero-order valence-electron chi connectivity index (χ0n) is 16.5. The van der Waals surface area contributed by atoms with Crippen molar-refractivity contribution < 1.29 is 14.4 Å². The SMILES string of the molecule is COc1ccc(C(C)=NOCC(=O)N2CC3(C)CC2CC(C)(C)C3)cc1. The number of nitrogens with zero attached hydrogens (tertiary/aromatic N) is 2. The van der Waals surface area contributed by atoms with Gasteiger partial charge in [0.15, 0.2) is 6.61 Å². The molecule has 5 heteroatoms. The number of benzene rings is 1. The third-order valence-corrected chi connectivity index (χ3v) is 5.63. The summed E-state index contributed by atoms with van der Waals surface area (Å²) in [4.78, 5) is 20.1. The second-order valence-corrected chi connectivity index (χ2v) is 8.91. The Bertz CT molecular complexity index is 696. The molecule has 5 nitrogen and oxygen atoms in total. The molecule has 0 spiro atoms. The summed E-state index contributed by atoms with van der Waals surface area (Å²) in [6, 6.07) is 7.95. The Morgan fingerprint density at radius 3 is 2.58 bits per heavy atom. The van der Waals surface area contributed by atoms with Crippen LogP contribution in [0.4, 0.5) is 0 Å². The highest BCUT2D eigenvalue weighted by molar-refractivity contribution is 5.98. The Hall–Kier alpha value is -2.04. The lowest BCUT2D eigenvalue weighted by Crippen LogP contribution is -2.39. The van der Waals surface area contributed by atoms with Crippen LogP contribution in [0, 0.1) is 10.8 Å². The molecule has 1 amide bonds. The highest BCUT2D eigenvalue weighted by Gasteiger charge is 2.50. The molecule has 0 N–H and O–H groups in total. The first-order valence-corrected chi connectivity index (χ1v) is 9.32. The van der Waals surface area contributed by atoms with E-state index in [1.54, 1.807) is 7.11 Å². The molecular weight excluding hydrogens is 328 g/mol. The number of fused-ring (bicyclic) bond motifs is 2. The number of hydrogen-bond acceptors (Lipinski definition) is 4. The van der Waals surface area contributed by atoms with Crippen molar-refractivity contribution in [3.8, 4) is 5.75 Å². The van der Waals surface area contributed by atoms with Crippen LogP contribution in [0.1, 0.15) is 52.5 Å². The van der Waals surface area contributed by atoms with Crippen LogP contribution in [0.2, 0.25) is 0 Å². The molecule has 2 fully saturated rings. The fourth-order valence-corrected chi connectivity index (χ4v) is 4.90. The molecule has 3 rings (SSSR count). The van der Waals surface area contributed by atoms with Gasteiger partial charge in [0.2, 0.25) is 0 Å². The third-order valence-electron chi connectivity index (χ3n) is 5.63. The van der Waals surface area contributed by atoms with Gasteiger partial charge in [-0.15, -0.1) is 0 Å². The summed E-state index contributed by atoms with van der Waals surface area (Å²) in [5.74, 6) is 0.844. The smallest absolute Gasteiger partial charge is 0.263 e. The van der Waals surface area contributed by atoms with E-state index in [0.717, 1.165) is 36.4 Å². The molecule has 1 aromatic rings. The largest absolute Gasteiger partial charge is 0.497 e. The molecule has 1 heterocycles. The number of methoxy groups -OCH3 is 1. The van der Waals surface area contributed by atoms with Crippen molar-refractivity contribution in [3.05, 3.63) is 29.8 Å². The fraction of sp³-hybridized carbons (Fsp3) is 0.619. The lowest BCUT2D eigenvalue weighted by Gasteiger charge is -2.39. The second-order valence-electron chi connectivity index (χ2n) is 8.91. The van der Waals surface area contributed by atoms with Gasteiger partial charge in [0, 0.05) is 12.6 Å². The van der Waals surface area contributed by atoms with E-state index in [4.69, 9.17) is 9.57 Å². The van der Waals surface area contributed by atoms with Crippen LogP contribution < -0.4 is 4.74 Å². The van der Waals surface area contributed by atoms with E-state index >= 15 is 0 Å². The molecule has 2 atom stereocenters. The number of rotatable bonds is 5. The highest BCUT2D eigenvalue weighted by atomic mass is 16.6. The maximum Gasteiger partial charge on any atom is 0.263 e. The van der Waals surface area contributed by atoms with E-state index in [2.05, 4.69) is 25.9 Å². The van der Waals surface area contributed by atoms with Crippen LogP contribution in [0.15, 0.2) is 29.4 Å². The van der Waals surface area contributed by atoms with E-state index in [1.165, 1.54) is 6.42 Å². The van der Waals surface area contributed by atoms with Crippen molar-refractivity contribution in [1.29, 1.82) is 0 Å². The van der Waals surface area contributed by atoms with Crippen molar-refractivity contribution in [2.45, 2.75) is 53.0 Å². The third kappa shape index (κ3) is 4.02. The number of amides is 1. The monoisotopic (exact) mass is 358 g/mol. The van der Waals surface area contributed by atoms with E-state index < -0.39 is 0 Å². The van der Waals surface area contributed by atoms with Crippen LogP contribution in [0.5, 0.6) is 5.75 Å². The molecule has 0 aromatic heterocycles. The summed E-state index contributed by atoms with van der Waals surface area (Å²) in [5.41, 5.74) is 2.24. The van der Waals surface area contributed by atoms with Gasteiger partial charge in [-0.3, -0.25) is 4.79 Å². The summed E-state index contributed by atoms with van der Waals surface area (Å²) < 4.78 is 5.15. The van der Waals surface area contributed by atoms with E-state index in [9.17, 15) is 4.79 Å². The summed E-state index contributed by atoms with van der Waals surface area (Å²) in [6.45, 7) is 9.64. The number of hydrogen-bond donors (Lipinski definition) is 0. The minimum absolute atomic E-state index is 0.000499. The van der Waals surface area contributed by atoms with Crippen LogP contribution >= 0.6 is 0 Å². The maximum absolute atomic E-state index is 12.7. The lowest BCUT2D eigenvalue weighted by atomic mass is 9.65. The predicted molar refractivity (Wildman–Crippen MR) is 102 cm³/mol. The van der Waals surface area contributed by atoms with Gasteiger partial charge in [-0.05, 0) is 66.8 Å². The van der Waals surface area contributed by atoms with Crippen molar-refractivity contribution in [3.63, 3.8) is 0 Å². The summed E-state index contributed by atoms with van der Waals surface area (Å²) in [6.07, 6.45) is 3.36. The predicted octanol–water partition coefficient (Wildman–Crippen LogP) is 3.86. The molecule has 0 radical (unpaired) electrons. The van der Waals surface area contributed by atoms with Gasteiger partial charge in [-0.25, -0.2) is 0 Å². The standard InChI is InChI=1S/C21H30N2O3/c1-15(16-6-8-18(25-5)9-7-16)22-26-12-19(24)23-14-21(4)11-17(23)10-20(2,3)13-21/h6-9,17H,10-14H2,1-5H3. The molecule has 1 saturated carbocycles. The topological polar surface area (TPSA) is 51.1 Å². The van der Waals surface area contributed by atoms with Gasteiger partial charge in [-0.1, -0.05) is 25.9 Å². The number of ether oxygens (including phenoxy) is 1. The van der Waals surface area contributed by atoms with Crippen LogP contribution in [-0.2, 0) is 9.63 Å². The average molecular weight is 358 g/mol. The van der Waals surface area contributed by atoms with E-state index in [-0.39, 0.29) is 17.9 Å². The number of carbonyl (C=O) groups is 1. The van der Waals surface area contributed by atoms with Crippen LogP contribution in [0.25, 0.3) is 0 Å². The molecule has 1 aliphatic heterocycles. The number of oxime groups is 1. The second kappa shape index (κ2) is 6.93. The zero-order chi connectivity index (χ0) is 18.9. The summed E-state index contributed by atoms with van der Waals surface area (Å²) in [5, 5.41) is 4.12.